The maximum atomic E-state index is 6.00. The zero-order chi connectivity index (χ0) is 9.10. The molecule has 1 saturated heterocycles. The van der Waals surface area contributed by atoms with Crippen molar-refractivity contribution >= 4 is 17.3 Å². The molecule has 0 radical (unpaired) electrons. The second-order valence-electron chi connectivity index (χ2n) is 3.18. The minimum Gasteiger partial charge on any atom is -0.379 e. The van der Waals surface area contributed by atoms with Crippen molar-refractivity contribution in [3.05, 3.63) is 29.3 Å². The quantitative estimate of drug-likeness (QED) is 0.787. The van der Waals surface area contributed by atoms with Crippen LogP contribution in [0.3, 0.4) is 0 Å². The van der Waals surface area contributed by atoms with Gasteiger partial charge in [0.05, 0.1) is 23.4 Å². The van der Waals surface area contributed by atoms with Crippen molar-refractivity contribution in [1.29, 1.82) is 0 Å². The molecule has 1 aromatic carbocycles. The van der Waals surface area contributed by atoms with E-state index in [0.717, 1.165) is 30.3 Å². The Morgan fingerprint density at radius 3 is 2.92 bits per heavy atom. The van der Waals surface area contributed by atoms with Gasteiger partial charge in [-0.1, -0.05) is 23.7 Å². The molecule has 0 aromatic heterocycles. The lowest BCUT2D eigenvalue weighted by atomic mass is 10.2. The van der Waals surface area contributed by atoms with E-state index in [1.54, 1.807) is 0 Å². The third kappa shape index (κ3) is 2.14. The second-order valence-corrected chi connectivity index (χ2v) is 3.59. The Hall–Kier alpha value is -0.730. The number of hydrogen-bond acceptors (Lipinski definition) is 2. The van der Waals surface area contributed by atoms with E-state index in [2.05, 4.69) is 5.32 Å². The van der Waals surface area contributed by atoms with Gasteiger partial charge in [-0.25, -0.2) is 0 Å². The minimum absolute atomic E-state index is 0.417. The lowest BCUT2D eigenvalue weighted by molar-refractivity contribution is 0.195. The first-order valence-electron chi connectivity index (χ1n) is 4.45. The van der Waals surface area contributed by atoms with Crippen molar-refractivity contribution in [2.24, 2.45) is 0 Å². The third-order valence-corrected chi connectivity index (χ3v) is 2.49. The molecule has 1 unspecified atom stereocenters. The molecule has 1 aliphatic heterocycles. The predicted octanol–water partition coefficient (Wildman–Crippen LogP) is 2.54. The van der Waals surface area contributed by atoms with Crippen LogP contribution in [0, 0.1) is 0 Å². The fraction of sp³-hybridized carbons (Fsp3) is 0.400. The first-order chi connectivity index (χ1) is 6.36. The molecule has 1 heterocycles. The van der Waals surface area contributed by atoms with Crippen LogP contribution < -0.4 is 5.32 Å². The maximum Gasteiger partial charge on any atom is 0.0668 e. The number of ether oxygens (including phenoxy) is 1. The van der Waals surface area contributed by atoms with Crippen LogP contribution in [0.25, 0.3) is 0 Å². The van der Waals surface area contributed by atoms with Gasteiger partial charge in [0.1, 0.15) is 0 Å². The van der Waals surface area contributed by atoms with Gasteiger partial charge in [0.2, 0.25) is 0 Å². The topological polar surface area (TPSA) is 21.3 Å². The van der Waals surface area contributed by atoms with Crippen LogP contribution in [0.5, 0.6) is 0 Å². The molecular formula is C10H12ClNO. The molecule has 1 fully saturated rings. The first-order valence-corrected chi connectivity index (χ1v) is 4.83. The number of benzene rings is 1. The number of anilines is 1. The smallest absolute Gasteiger partial charge is 0.0668 e. The van der Waals surface area contributed by atoms with Crippen molar-refractivity contribution in [1.82, 2.24) is 0 Å². The summed E-state index contributed by atoms with van der Waals surface area (Å²) >= 11 is 6.00. The Labute approximate surface area is 82.9 Å². The molecular weight excluding hydrogens is 186 g/mol. The highest BCUT2D eigenvalue weighted by atomic mass is 35.5. The van der Waals surface area contributed by atoms with E-state index in [0.29, 0.717) is 6.04 Å². The highest BCUT2D eigenvalue weighted by Gasteiger charge is 2.15. The second kappa shape index (κ2) is 3.99. The average molecular weight is 198 g/mol. The van der Waals surface area contributed by atoms with Gasteiger partial charge >= 0.3 is 0 Å². The van der Waals surface area contributed by atoms with Gasteiger partial charge in [0, 0.05) is 6.61 Å². The lowest BCUT2D eigenvalue weighted by Crippen LogP contribution is -2.18. The van der Waals surface area contributed by atoms with Crippen LogP contribution in [0.15, 0.2) is 24.3 Å². The summed E-state index contributed by atoms with van der Waals surface area (Å²) in [5.41, 5.74) is 1.000. The Balaban J connectivity index is 2.04. The van der Waals surface area contributed by atoms with E-state index in [9.17, 15) is 0 Å². The Morgan fingerprint density at radius 2 is 2.23 bits per heavy atom. The van der Waals surface area contributed by atoms with Crippen LogP contribution in [0.1, 0.15) is 6.42 Å². The Morgan fingerprint density at radius 1 is 1.38 bits per heavy atom. The maximum absolute atomic E-state index is 6.00. The van der Waals surface area contributed by atoms with Crippen LogP contribution >= 0.6 is 11.6 Å². The number of halogens is 1. The van der Waals surface area contributed by atoms with Crippen molar-refractivity contribution in [3.8, 4) is 0 Å². The zero-order valence-corrected chi connectivity index (χ0v) is 8.05. The van der Waals surface area contributed by atoms with Gasteiger partial charge in [-0.2, -0.15) is 0 Å². The summed E-state index contributed by atoms with van der Waals surface area (Å²) in [7, 11) is 0. The SMILES string of the molecule is Clc1ccccc1NC1CCOC1. The summed E-state index contributed by atoms with van der Waals surface area (Å²) in [5, 5.41) is 4.12. The van der Waals surface area contributed by atoms with Crippen LogP contribution in [-0.4, -0.2) is 19.3 Å². The van der Waals surface area contributed by atoms with E-state index in [-0.39, 0.29) is 0 Å². The number of rotatable bonds is 2. The number of para-hydroxylation sites is 1. The van der Waals surface area contributed by atoms with Crippen molar-refractivity contribution in [3.63, 3.8) is 0 Å². The van der Waals surface area contributed by atoms with Crippen LogP contribution in [0.4, 0.5) is 5.69 Å². The number of nitrogens with one attached hydrogen (secondary N) is 1. The molecule has 1 aliphatic rings. The Bertz CT molecular complexity index is 284. The summed E-state index contributed by atoms with van der Waals surface area (Å²) < 4.78 is 5.26. The molecule has 0 spiro atoms. The van der Waals surface area contributed by atoms with E-state index >= 15 is 0 Å². The molecule has 13 heavy (non-hydrogen) atoms. The standard InChI is InChI=1S/C10H12ClNO/c11-9-3-1-2-4-10(9)12-8-5-6-13-7-8/h1-4,8,12H,5-7H2. The predicted molar refractivity (Wildman–Crippen MR) is 54.3 cm³/mol. The Kier molecular flexibility index (Phi) is 2.71. The molecule has 3 heteroatoms. The van der Waals surface area contributed by atoms with Crippen molar-refractivity contribution < 1.29 is 4.74 Å². The van der Waals surface area contributed by atoms with Gasteiger partial charge in [0.15, 0.2) is 0 Å². The summed E-state index contributed by atoms with van der Waals surface area (Å²) in [5.74, 6) is 0. The van der Waals surface area contributed by atoms with Gasteiger partial charge in [-0.3, -0.25) is 0 Å². The third-order valence-electron chi connectivity index (χ3n) is 2.16. The molecule has 2 nitrogen and oxygen atoms in total. The zero-order valence-electron chi connectivity index (χ0n) is 7.29. The monoisotopic (exact) mass is 197 g/mol. The highest BCUT2D eigenvalue weighted by molar-refractivity contribution is 6.33. The van der Waals surface area contributed by atoms with Gasteiger partial charge in [-0.15, -0.1) is 0 Å². The number of hydrogen-bond donors (Lipinski definition) is 1. The van der Waals surface area contributed by atoms with E-state index in [4.69, 9.17) is 16.3 Å². The summed E-state index contributed by atoms with van der Waals surface area (Å²) in [6.07, 6.45) is 1.06. The molecule has 1 aromatic rings. The first kappa shape index (κ1) is 8.85. The molecule has 0 bridgehead atoms. The van der Waals surface area contributed by atoms with E-state index in [1.807, 2.05) is 24.3 Å². The fourth-order valence-corrected chi connectivity index (χ4v) is 1.64. The largest absolute Gasteiger partial charge is 0.379 e. The molecule has 0 amide bonds. The van der Waals surface area contributed by atoms with E-state index in [1.165, 1.54) is 0 Å². The summed E-state index contributed by atoms with van der Waals surface area (Å²) in [6, 6.07) is 8.20. The average Bonchev–Trinajstić information content (AvgIpc) is 2.61. The van der Waals surface area contributed by atoms with Crippen molar-refractivity contribution in [2.75, 3.05) is 18.5 Å². The lowest BCUT2D eigenvalue weighted by Gasteiger charge is -2.12. The molecule has 70 valence electrons. The normalized spacial score (nSPS) is 21.8. The minimum atomic E-state index is 0.417. The highest BCUT2D eigenvalue weighted by Crippen LogP contribution is 2.22. The van der Waals surface area contributed by atoms with Gasteiger partial charge in [0.25, 0.3) is 0 Å². The summed E-state index contributed by atoms with van der Waals surface area (Å²) in [6.45, 7) is 1.63. The fourth-order valence-electron chi connectivity index (χ4n) is 1.45. The van der Waals surface area contributed by atoms with Gasteiger partial charge < -0.3 is 10.1 Å². The molecule has 1 N–H and O–H groups in total. The molecule has 0 aliphatic carbocycles. The summed E-state index contributed by atoms with van der Waals surface area (Å²) in [4.78, 5) is 0. The van der Waals surface area contributed by atoms with E-state index < -0.39 is 0 Å². The van der Waals surface area contributed by atoms with Crippen molar-refractivity contribution in [2.45, 2.75) is 12.5 Å². The molecule has 1 atom stereocenters. The van der Waals surface area contributed by atoms with Crippen LogP contribution in [-0.2, 0) is 4.74 Å². The molecule has 0 saturated carbocycles. The van der Waals surface area contributed by atoms with Gasteiger partial charge in [-0.05, 0) is 18.6 Å². The molecule has 2 rings (SSSR count). The van der Waals surface area contributed by atoms with Crippen LogP contribution in [0.2, 0.25) is 5.02 Å².